The number of aliphatic hydroxyl groups is 1. The van der Waals surface area contributed by atoms with E-state index in [0.29, 0.717) is 12.8 Å². The molecule has 0 rings (SSSR count). The second-order valence-electron chi connectivity index (χ2n) is 9.60. The summed E-state index contributed by atoms with van der Waals surface area (Å²) in [7, 11) is 8.98. The molecular formula is C31H56O15. The van der Waals surface area contributed by atoms with Crippen LogP contribution < -0.4 is 0 Å². The zero-order valence-corrected chi connectivity index (χ0v) is 29.7. The van der Waals surface area contributed by atoms with Crippen LogP contribution >= 0.6 is 0 Å². The van der Waals surface area contributed by atoms with E-state index in [1.807, 2.05) is 27.7 Å². The maximum Gasteiger partial charge on any atom is 0.335 e. The average molecular weight is 669 g/mol. The Balaban J connectivity index is -0.000000259. The van der Waals surface area contributed by atoms with Crippen LogP contribution in [0.25, 0.3) is 0 Å². The predicted molar refractivity (Wildman–Crippen MR) is 165 cm³/mol. The third-order valence-corrected chi connectivity index (χ3v) is 6.69. The molecule has 15 nitrogen and oxygen atoms in total. The summed E-state index contributed by atoms with van der Waals surface area (Å²) in [5.74, 6) is -5.05. The lowest BCUT2D eigenvalue weighted by Crippen LogP contribution is -2.34. The number of esters is 7. The van der Waals surface area contributed by atoms with Crippen LogP contribution in [-0.2, 0) is 66.7 Å². The Kier molecular flexibility index (Phi) is 32.0. The topological polar surface area (TPSA) is 204 Å². The molecule has 0 radical (unpaired) electrons. The largest absolute Gasteiger partial charge is 0.469 e. The molecule has 0 saturated heterocycles. The molecule has 0 aromatic carbocycles. The average Bonchev–Trinajstić information content (AvgIpc) is 3.08. The Bertz CT molecular complexity index is 856. The van der Waals surface area contributed by atoms with E-state index in [1.165, 1.54) is 49.6 Å². The molecule has 5 atom stereocenters. The molecule has 0 aliphatic rings. The van der Waals surface area contributed by atoms with Crippen LogP contribution in [0.5, 0.6) is 0 Å². The SMILES string of the molecule is CCC(C(=O)OC)C(CC)C(=O)OC.CCC(CC)C(=O)OC.COC(=O)C(C)C(O)C(=O)OC.COC(=O)CC(C)C(=O)OC. The Morgan fingerprint density at radius 2 is 0.826 bits per heavy atom. The zero-order chi connectivity index (χ0) is 37.0. The highest BCUT2D eigenvalue weighted by Gasteiger charge is 2.32. The van der Waals surface area contributed by atoms with Crippen LogP contribution in [0.3, 0.4) is 0 Å². The number of ether oxygens (including phenoxy) is 7. The summed E-state index contributed by atoms with van der Waals surface area (Å²) in [4.78, 5) is 76.2. The summed E-state index contributed by atoms with van der Waals surface area (Å²) in [5, 5.41) is 9.11. The number of carbonyl (C=O) groups is 7. The summed E-state index contributed by atoms with van der Waals surface area (Å²) in [6.45, 7) is 10.7. The van der Waals surface area contributed by atoms with Gasteiger partial charge in [0.1, 0.15) is 0 Å². The Morgan fingerprint density at radius 3 is 1.07 bits per heavy atom. The van der Waals surface area contributed by atoms with Crippen molar-refractivity contribution in [2.45, 2.75) is 79.8 Å². The maximum atomic E-state index is 11.3. The van der Waals surface area contributed by atoms with Gasteiger partial charge in [0.25, 0.3) is 0 Å². The predicted octanol–water partition coefficient (Wildman–Crippen LogP) is 2.67. The number of hydrogen-bond donors (Lipinski definition) is 1. The van der Waals surface area contributed by atoms with Crippen molar-refractivity contribution >= 4 is 41.8 Å². The van der Waals surface area contributed by atoms with Gasteiger partial charge >= 0.3 is 41.8 Å². The molecule has 5 unspecified atom stereocenters. The molecule has 0 aromatic heterocycles. The van der Waals surface area contributed by atoms with Crippen molar-refractivity contribution in [2.75, 3.05) is 49.8 Å². The molecule has 0 saturated carbocycles. The van der Waals surface area contributed by atoms with Crippen molar-refractivity contribution in [3.8, 4) is 0 Å². The molecule has 15 heteroatoms. The number of methoxy groups -OCH3 is 7. The lowest BCUT2D eigenvalue weighted by atomic mass is 9.88. The van der Waals surface area contributed by atoms with Gasteiger partial charge in [-0.3, -0.25) is 28.8 Å². The highest BCUT2D eigenvalue weighted by atomic mass is 16.6. The maximum absolute atomic E-state index is 11.3. The van der Waals surface area contributed by atoms with Gasteiger partial charge in [-0.15, -0.1) is 0 Å². The van der Waals surface area contributed by atoms with E-state index in [-0.39, 0.29) is 30.2 Å². The summed E-state index contributed by atoms with van der Waals surface area (Å²) in [6, 6.07) is 0. The van der Waals surface area contributed by atoms with Gasteiger partial charge in [0.15, 0.2) is 6.10 Å². The third-order valence-electron chi connectivity index (χ3n) is 6.69. The minimum atomic E-state index is -1.46. The highest BCUT2D eigenvalue weighted by Crippen LogP contribution is 2.22. The van der Waals surface area contributed by atoms with Crippen LogP contribution in [0.4, 0.5) is 0 Å². The van der Waals surface area contributed by atoms with Gasteiger partial charge in [0.05, 0.1) is 85.8 Å². The molecule has 0 bridgehead atoms. The zero-order valence-electron chi connectivity index (χ0n) is 29.7. The van der Waals surface area contributed by atoms with Gasteiger partial charge in [-0.2, -0.15) is 0 Å². The van der Waals surface area contributed by atoms with E-state index in [9.17, 15) is 33.6 Å². The fourth-order valence-corrected chi connectivity index (χ4v) is 3.58. The van der Waals surface area contributed by atoms with Crippen LogP contribution in [-0.4, -0.2) is 103 Å². The van der Waals surface area contributed by atoms with Crippen molar-refractivity contribution in [1.82, 2.24) is 0 Å². The number of hydrogen-bond acceptors (Lipinski definition) is 15. The smallest absolute Gasteiger partial charge is 0.335 e. The third kappa shape index (κ3) is 21.1. The van der Waals surface area contributed by atoms with Crippen molar-refractivity contribution in [3.63, 3.8) is 0 Å². The van der Waals surface area contributed by atoms with E-state index >= 15 is 0 Å². The van der Waals surface area contributed by atoms with E-state index in [1.54, 1.807) is 6.92 Å². The lowest BCUT2D eigenvalue weighted by molar-refractivity contribution is -0.162. The van der Waals surface area contributed by atoms with Crippen molar-refractivity contribution in [3.05, 3.63) is 0 Å². The van der Waals surface area contributed by atoms with Crippen molar-refractivity contribution < 1.29 is 71.8 Å². The van der Waals surface area contributed by atoms with Gasteiger partial charge in [0, 0.05) is 0 Å². The normalized spacial score (nSPS) is 12.9. The van der Waals surface area contributed by atoms with E-state index in [4.69, 9.17) is 5.11 Å². The second kappa shape index (κ2) is 29.9. The van der Waals surface area contributed by atoms with Gasteiger partial charge in [-0.1, -0.05) is 34.6 Å². The molecule has 1 N–H and O–H groups in total. The molecular weight excluding hydrogens is 612 g/mol. The first-order valence-corrected chi connectivity index (χ1v) is 14.8. The summed E-state index contributed by atoms with van der Waals surface area (Å²) < 4.78 is 31.2. The van der Waals surface area contributed by atoms with Gasteiger partial charge in [-0.25, -0.2) is 4.79 Å². The first kappa shape index (κ1) is 49.1. The fraction of sp³-hybridized carbons (Fsp3) is 0.774. The Hall–Kier alpha value is -3.75. The summed E-state index contributed by atoms with van der Waals surface area (Å²) in [6.07, 6.45) is 1.54. The lowest BCUT2D eigenvalue weighted by Gasteiger charge is -2.20. The minimum absolute atomic E-state index is 0.0726. The molecule has 0 fully saturated rings. The number of carbonyl (C=O) groups excluding carboxylic acids is 7. The molecule has 0 spiro atoms. The molecule has 0 aliphatic carbocycles. The fourth-order valence-electron chi connectivity index (χ4n) is 3.58. The van der Waals surface area contributed by atoms with Crippen LogP contribution in [0, 0.1) is 29.6 Å². The first-order valence-electron chi connectivity index (χ1n) is 14.8. The molecule has 270 valence electrons. The van der Waals surface area contributed by atoms with Crippen molar-refractivity contribution in [1.29, 1.82) is 0 Å². The second-order valence-corrected chi connectivity index (χ2v) is 9.60. The molecule has 0 aromatic rings. The van der Waals surface area contributed by atoms with Gasteiger partial charge < -0.3 is 38.3 Å². The van der Waals surface area contributed by atoms with Crippen LogP contribution in [0.15, 0.2) is 0 Å². The summed E-state index contributed by atoms with van der Waals surface area (Å²) >= 11 is 0. The summed E-state index contributed by atoms with van der Waals surface area (Å²) in [5.41, 5.74) is 0. The minimum Gasteiger partial charge on any atom is -0.469 e. The number of rotatable bonds is 14. The Labute approximate surface area is 272 Å². The van der Waals surface area contributed by atoms with Crippen molar-refractivity contribution in [2.24, 2.45) is 29.6 Å². The quantitative estimate of drug-likeness (QED) is 0.209. The van der Waals surface area contributed by atoms with E-state index in [2.05, 4.69) is 33.2 Å². The molecule has 0 heterocycles. The first-order chi connectivity index (χ1) is 21.5. The molecule has 0 amide bonds. The van der Waals surface area contributed by atoms with Crippen LogP contribution in [0.1, 0.15) is 73.6 Å². The van der Waals surface area contributed by atoms with Gasteiger partial charge in [0.2, 0.25) is 0 Å². The molecule has 0 aliphatic heterocycles. The van der Waals surface area contributed by atoms with Gasteiger partial charge in [-0.05, 0) is 32.6 Å². The standard InChI is InChI=1S/C10H18O4.C7H12O5.C7H12O4.C7H14O2/c1-5-7(9(11)13-3)8(6-2)10(12)14-4;1-4(6(9)11-2)5(8)7(10)12-3;1-5(7(9)11-3)4-6(8)10-2;1-4-6(5-2)7(8)9-3/h7-8H,5-6H2,1-4H3;4-5,8H,1-3H3;5H,4H2,1-3H3;6H,4-5H2,1-3H3. The van der Waals surface area contributed by atoms with E-state index < -0.39 is 53.7 Å². The molecule has 46 heavy (non-hydrogen) atoms. The van der Waals surface area contributed by atoms with Crippen LogP contribution in [0.2, 0.25) is 0 Å². The monoisotopic (exact) mass is 668 g/mol. The van der Waals surface area contributed by atoms with E-state index in [0.717, 1.165) is 20.0 Å². The number of aliphatic hydroxyl groups excluding tert-OH is 1. The highest BCUT2D eigenvalue weighted by molar-refractivity contribution is 5.83. The Morgan fingerprint density at radius 1 is 0.478 bits per heavy atom.